The molecule has 2 rings (SSSR count). The van der Waals surface area contributed by atoms with Crippen LogP contribution in [0.1, 0.15) is 5.56 Å². The molecule has 1 unspecified atom stereocenters. The van der Waals surface area contributed by atoms with E-state index in [4.69, 9.17) is 21.1 Å². The Bertz CT molecular complexity index is 445. The average molecular weight is 315 g/mol. The number of halogens is 1. The number of anilines is 1. The molecule has 21 heavy (non-hydrogen) atoms. The van der Waals surface area contributed by atoms with E-state index in [0.29, 0.717) is 26.4 Å². The zero-order valence-electron chi connectivity index (χ0n) is 12.3. The van der Waals surface area contributed by atoms with Crippen LogP contribution in [0, 0.1) is 0 Å². The number of hydrogen-bond donors (Lipinski definition) is 2. The van der Waals surface area contributed by atoms with Gasteiger partial charge in [-0.05, 0) is 12.1 Å². The molecule has 6 heteroatoms. The lowest BCUT2D eigenvalue weighted by Crippen LogP contribution is -2.48. The Morgan fingerprint density at radius 2 is 2.38 bits per heavy atom. The lowest BCUT2D eigenvalue weighted by Gasteiger charge is -2.37. The highest BCUT2D eigenvalue weighted by molar-refractivity contribution is 6.31. The average Bonchev–Trinajstić information content (AvgIpc) is 2.52. The Morgan fingerprint density at radius 3 is 3.14 bits per heavy atom. The van der Waals surface area contributed by atoms with Gasteiger partial charge in [0.1, 0.15) is 0 Å². The smallest absolute Gasteiger partial charge is 0.0755 e. The number of aliphatic hydroxyl groups is 1. The molecule has 1 saturated heterocycles. The van der Waals surface area contributed by atoms with Gasteiger partial charge in [-0.2, -0.15) is 0 Å². The topological polar surface area (TPSA) is 54.0 Å². The summed E-state index contributed by atoms with van der Waals surface area (Å²) in [6.07, 6.45) is 0. The molecule has 2 N–H and O–H groups in total. The van der Waals surface area contributed by atoms with Crippen LogP contribution < -0.4 is 10.2 Å². The second kappa shape index (κ2) is 8.56. The number of methoxy groups -OCH3 is 1. The van der Waals surface area contributed by atoms with Crippen molar-refractivity contribution in [1.29, 1.82) is 0 Å². The predicted octanol–water partition coefficient (Wildman–Crippen LogP) is 1.27. The molecule has 1 fully saturated rings. The van der Waals surface area contributed by atoms with Gasteiger partial charge in [0.15, 0.2) is 0 Å². The van der Waals surface area contributed by atoms with Crippen LogP contribution in [-0.4, -0.2) is 57.8 Å². The quantitative estimate of drug-likeness (QED) is 0.743. The molecule has 1 aliphatic heterocycles. The van der Waals surface area contributed by atoms with Gasteiger partial charge in [0.25, 0.3) is 0 Å². The maximum Gasteiger partial charge on any atom is 0.0755 e. The van der Waals surface area contributed by atoms with Crippen LogP contribution in [0.4, 0.5) is 5.69 Å². The molecule has 1 atom stereocenters. The summed E-state index contributed by atoms with van der Waals surface area (Å²) >= 11 is 6.36. The lowest BCUT2D eigenvalue weighted by molar-refractivity contribution is 0.0726. The minimum Gasteiger partial charge on any atom is -0.394 e. The van der Waals surface area contributed by atoms with Crippen molar-refractivity contribution in [3.8, 4) is 0 Å². The number of rotatable bonds is 7. The minimum absolute atomic E-state index is 0.0186. The lowest BCUT2D eigenvalue weighted by atomic mass is 10.1. The fraction of sp³-hybridized carbons (Fsp3) is 0.600. The normalized spacial score (nSPS) is 19.0. The summed E-state index contributed by atoms with van der Waals surface area (Å²) in [5.41, 5.74) is 2.12. The third-order valence-corrected chi connectivity index (χ3v) is 3.98. The van der Waals surface area contributed by atoms with Crippen molar-refractivity contribution in [2.24, 2.45) is 0 Å². The van der Waals surface area contributed by atoms with Gasteiger partial charge in [0, 0.05) is 43.0 Å². The van der Waals surface area contributed by atoms with E-state index in [0.717, 1.165) is 29.4 Å². The van der Waals surface area contributed by atoms with Gasteiger partial charge in [-0.15, -0.1) is 0 Å². The molecule has 0 amide bonds. The molecule has 0 spiro atoms. The monoisotopic (exact) mass is 314 g/mol. The van der Waals surface area contributed by atoms with Crippen molar-refractivity contribution in [3.63, 3.8) is 0 Å². The first-order valence-corrected chi connectivity index (χ1v) is 7.58. The Kier molecular flexibility index (Phi) is 6.73. The number of nitrogens with zero attached hydrogens (tertiary/aromatic N) is 1. The Labute approximate surface area is 130 Å². The largest absolute Gasteiger partial charge is 0.394 e. The van der Waals surface area contributed by atoms with Gasteiger partial charge in [-0.1, -0.05) is 17.7 Å². The third-order valence-electron chi connectivity index (χ3n) is 3.63. The highest BCUT2D eigenvalue weighted by atomic mass is 35.5. The standard InChI is InChI=1S/C15H23ClN2O3/c1-20-7-5-17-9-13-14(16)3-2-4-15(13)18-6-8-21-11-12(18)10-19/h2-4,12,17,19H,5-11H2,1H3. The summed E-state index contributed by atoms with van der Waals surface area (Å²) in [5.74, 6) is 0. The van der Waals surface area contributed by atoms with E-state index in [1.807, 2.05) is 18.2 Å². The highest BCUT2D eigenvalue weighted by Gasteiger charge is 2.24. The molecule has 1 aliphatic rings. The summed E-state index contributed by atoms with van der Waals surface area (Å²) in [6.45, 7) is 4.15. The van der Waals surface area contributed by atoms with E-state index in [9.17, 15) is 5.11 Å². The van der Waals surface area contributed by atoms with Crippen molar-refractivity contribution in [3.05, 3.63) is 28.8 Å². The van der Waals surface area contributed by atoms with E-state index in [1.54, 1.807) is 7.11 Å². The molecule has 0 aromatic heterocycles. The van der Waals surface area contributed by atoms with Gasteiger partial charge in [0.05, 0.1) is 32.5 Å². The van der Waals surface area contributed by atoms with Crippen molar-refractivity contribution in [2.75, 3.05) is 51.5 Å². The first-order valence-electron chi connectivity index (χ1n) is 7.20. The molecule has 118 valence electrons. The Morgan fingerprint density at radius 1 is 1.52 bits per heavy atom. The SMILES string of the molecule is COCCNCc1c(Cl)cccc1N1CCOCC1CO. The Hall–Kier alpha value is -0.850. The molecule has 0 radical (unpaired) electrons. The number of morpholine rings is 1. The van der Waals surface area contributed by atoms with E-state index in [2.05, 4.69) is 10.2 Å². The van der Waals surface area contributed by atoms with Gasteiger partial charge in [-0.25, -0.2) is 0 Å². The van der Waals surface area contributed by atoms with Gasteiger partial charge < -0.3 is 24.8 Å². The van der Waals surface area contributed by atoms with Gasteiger partial charge in [0.2, 0.25) is 0 Å². The molecular formula is C15H23ClN2O3. The van der Waals surface area contributed by atoms with Crippen molar-refractivity contribution >= 4 is 17.3 Å². The molecule has 1 aromatic carbocycles. The van der Waals surface area contributed by atoms with Crippen LogP contribution >= 0.6 is 11.6 Å². The molecule has 5 nitrogen and oxygen atoms in total. The Balaban J connectivity index is 2.15. The van der Waals surface area contributed by atoms with E-state index < -0.39 is 0 Å². The summed E-state index contributed by atoms with van der Waals surface area (Å²) in [7, 11) is 1.68. The van der Waals surface area contributed by atoms with Gasteiger partial charge >= 0.3 is 0 Å². The second-order valence-electron chi connectivity index (χ2n) is 5.01. The van der Waals surface area contributed by atoms with Crippen molar-refractivity contribution in [2.45, 2.75) is 12.6 Å². The van der Waals surface area contributed by atoms with Crippen LogP contribution in [0.3, 0.4) is 0 Å². The van der Waals surface area contributed by atoms with Crippen molar-refractivity contribution in [1.82, 2.24) is 5.32 Å². The molecule has 1 aromatic rings. The van der Waals surface area contributed by atoms with Crippen LogP contribution in [0.15, 0.2) is 18.2 Å². The van der Waals surface area contributed by atoms with Crippen LogP contribution in [-0.2, 0) is 16.0 Å². The third kappa shape index (κ3) is 4.31. The molecule has 0 bridgehead atoms. The maximum absolute atomic E-state index is 9.54. The van der Waals surface area contributed by atoms with E-state index in [1.165, 1.54) is 0 Å². The summed E-state index contributed by atoms with van der Waals surface area (Å²) in [5, 5.41) is 13.6. The fourth-order valence-electron chi connectivity index (χ4n) is 2.50. The first-order chi connectivity index (χ1) is 10.3. The first kappa shape index (κ1) is 16.5. The molecule has 1 heterocycles. The number of hydrogen-bond acceptors (Lipinski definition) is 5. The fourth-order valence-corrected chi connectivity index (χ4v) is 2.74. The predicted molar refractivity (Wildman–Crippen MR) is 84.1 cm³/mol. The van der Waals surface area contributed by atoms with E-state index in [-0.39, 0.29) is 12.6 Å². The van der Waals surface area contributed by atoms with Crippen LogP contribution in [0.5, 0.6) is 0 Å². The maximum atomic E-state index is 9.54. The summed E-state index contributed by atoms with van der Waals surface area (Å²) in [6, 6.07) is 5.87. The number of benzene rings is 1. The minimum atomic E-state index is -0.0186. The van der Waals surface area contributed by atoms with Crippen LogP contribution in [0.2, 0.25) is 5.02 Å². The molecule has 0 aliphatic carbocycles. The molecular weight excluding hydrogens is 292 g/mol. The number of ether oxygens (including phenoxy) is 2. The van der Waals surface area contributed by atoms with E-state index >= 15 is 0 Å². The highest BCUT2D eigenvalue weighted by Crippen LogP contribution is 2.29. The molecule has 0 saturated carbocycles. The zero-order chi connectivity index (χ0) is 15.1. The van der Waals surface area contributed by atoms with Crippen molar-refractivity contribution < 1.29 is 14.6 Å². The van der Waals surface area contributed by atoms with Crippen LogP contribution in [0.25, 0.3) is 0 Å². The number of aliphatic hydroxyl groups excluding tert-OH is 1. The summed E-state index contributed by atoms with van der Waals surface area (Å²) < 4.78 is 10.5. The van der Waals surface area contributed by atoms with Gasteiger partial charge in [-0.3, -0.25) is 0 Å². The number of nitrogens with one attached hydrogen (secondary N) is 1. The zero-order valence-corrected chi connectivity index (χ0v) is 13.1. The second-order valence-corrected chi connectivity index (χ2v) is 5.42. The summed E-state index contributed by atoms with van der Waals surface area (Å²) in [4.78, 5) is 2.18.